The number of carbonyl (C=O) groups is 2. The van der Waals surface area contributed by atoms with E-state index in [-0.39, 0.29) is 25.1 Å². The highest BCUT2D eigenvalue weighted by Crippen LogP contribution is 2.38. The lowest BCUT2D eigenvalue weighted by Gasteiger charge is -2.26. The average molecular weight is 412 g/mol. The van der Waals surface area contributed by atoms with Gasteiger partial charge in [-0.3, -0.25) is 9.69 Å². The monoisotopic (exact) mass is 412 g/mol. The average Bonchev–Trinajstić information content (AvgIpc) is 3.21. The van der Waals surface area contributed by atoms with Gasteiger partial charge in [0.05, 0.1) is 38.6 Å². The second-order valence-corrected chi connectivity index (χ2v) is 7.05. The van der Waals surface area contributed by atoms with Crippen LogP contribution in [0, 0.1) is 0 Å². The summed E-state index contributed by atoms with van der Waals surface area (Å²) in [7, 11) is 3.27. The lowest BCUT2D eigenvalue weighted by Crippen LogP contribution is -2.33. The summed E-state index contributed by atoms with van der Waals surface area (Å²) in [4.78, 5) is 27.1. The predicted molar refractivity (Wildman–Crippen MR) is 114 cm³/mol. The Hall–Kier alpha value is -3.06. The first-order valence-electron chi connectivity index (χ1n) is 10.1. The summed E-state index contributed by atoms with van der Waals surface area (Å²) in [6, 6.07) is 12.6. The van der Waals surface area contributed by atoms with Crippen LogP contribution in [-0.4, -0.2) is 50.7 Å². The van der Waals surface area contributed by atoms with E-state index in [9.17, 15) is 9.59 Å². The summed E-state index contributed by atoms with van der Waals surface area (Å²) in [5.74, 6) is 0.903. The van der Waals surface area contributed by atoms with E-state index in [0.29, 0.717) is 11.3 Å². The SMILES string of the molecule is CCOC(=O)c1ccccc1NC(=O)CN1CCC[C@H]1c1cc(OC)ccc1OC. The fourth-order valence-electron chi connectivity index (χ4n) is 3.82. The highest BCUT2D eigenvalue weighted by molar-refractivity contribution is 6.01. The first-order chi connectivity index (χ1) is 14.6. The van der Waals surface area contributed by atoms with Gasteiger partial charge < -0.3 is 19.5 Å². The molecule has 1 aliphatic rings. The van der Waals surface area contributed by atoms with Crippen molar-refractivity contribution in [3.63, 3.8) is 0 Å². The maximum atomic E-state index is 12.8. The number of ether oxygens (including phenoxy) is 3. The first-order valence-corrected chi connectivity index (χ1v) is 10.1. The number of anilines is 1. The van der Waals surface area contributed by atoms with Crippen LogP contribution in [0.1, 0.15) is 41.7 Å². The van der Waals surface area contributed by atoms with Gasteiger partial charge in [0, 0.05) is 11.6 Å². The van der Waals surface area contributed by atoms with E-state index in [4.69, 9.17) is 14.2 Å². The summed E-state index contributed by atoms with van der Waals surface area (Å²) < 4.78 is 16.0. The van der Waals surface area contributed by atoms with Gasteiger partial charge >= 0.3 is 5.97 Å². The smallest absolute Gasteiger partial charge is 0.340 e. The van der Waals surface area contributed by atoms with Crippen LogP contribution in [0.3, 0.4) is 0 Å². The van der Waals surface area contributed by atoms with Crippen molar-refractivity contribution in [2.24, 2.45) is 0 Å². The van der Waals surface area contributed by atoms with Gasteiger partial charge in [-0.2, -0.15) is 0 Å². The van der Waals surface area contributed by atoms with Crippen molar-refractivity contribution in [2.75, 3.05) is 39.2 Å². The summed E-state index contributed by atoms with van der Waals surface area (Å²) >= 11 is 0. The molecule has 1 heterocycles. The number of amides is 1. The number of nitrogens with zero attached hydrogens (tertiary/aromatic N) is 1. The lowest BCUT2D eigenvalue weighted by atomic mass is 10.0. The Morgan fingerprint density at radius 1 is 1.13 bits per heavy atom. The molecule has 1 fully saturated rings. The second-order valence-electron chi connectivity index (χ2n) is 7.05. The lowest BCUT2D eigenvalue weighted by molar-refractivity contribution is -0.117. The van der Waals surface area contributed by atoms with E-state index in [1.165, 1.54) is 0 Å². The minimum absolute atomic E-state index is 0.0566. The Kier molecular flexibility index (Phi) is 7.30. The molecule has 1 aliphatic heterocycles. The van der Waals surface area contributed by atoms with Crippen molar-refractivity contribution in [1.29, 1.82) is 0 Å². The predicted octanol–water partition coefficient (Wildman–Crippen LogP) is 3.66. The van der Waals surface area contributed by atoms with Crippen molar-refractivity contribution in [3.05, 3.63) is 53.6 Å². The van der Waals surface area contributed by atoms with Crippen molar-refractivity contribution in [1.82, 2.24) is 4.90 Å². The van der Waals surface area contributed by atoms with Crippen LogP contribution < -0.4 is 14.8 Å². The zero-order valence-corrected chi connectivity index (χ0v) is 17.6. The molecular formula is C23H28N2O5. The molecule has 2 aromatic carbocycles. The molecule has 30 heavy (non-hydrogen) atoms. The van der Waals surface area contributed by atoms with Crippen molar-refractivity contribution >= 4 is 17.6 Å². The zero-order chi connectivity index (χ0) is 21.5. The number of hydrogen-bond donors (Lipinski definition) is 1. The number of likely N-dealkylation sites (tertiary alicyclic amines) is 1. The Morgan fingerprint density at radius 2 is 1.93 bits per heavy atom. The number of methoxy groups -OCH3 is 2. The van der Waals surface area contributed by atoms with E-state index in [0.717, 1.165) is 36.4 Å². The summed E-state index contributed by atoms with van der Waals surface area (Å²) in [6.45, 7) is 3.04. The third-order valence-electron chi connectivity index (χ3n) is 5.20. The standard InChI is InChI=1S/C23H28N2O5/c1-4-30-23(27)17-8-5-6-9-19(17)24-22(26)15-25-13-7-10-20(25)18-14-16(28-2)11-12-21(18)29-3/h5-6,8-9,11-12,14,20H,4,7,10,13,15H2,1-3H3,(H,24,26)/t20-/m0/s1. The van der Waals surface area contributed by atoms with E-state index < -0.39 is 5.97 Å². The third-order valence-corrected chi connectivity index (χ3v) is 5.20. The number of benzene rings is 2. The second kappa shape index (κ2) is 10.1. The molecule has 7 nitrogen and oxygen atoms in total. The molecule has 1 N–H and O–H groups in total. The Balaban J connectivity index is 1.74. The largest absolute Gasteiger partial charge is 0.497 e. The molecule has 0 aliphatic carbocycles. The molecule has 3 rings (SSSR count). The van der Waals surface area contributed by atoms with Gasteiger partial charge in [0.25, 0.3) is 0 Å². The van der Waals surface area contributed by atoms with Crippen molar-refractivity contribution < 1.29 is 23.8 Å². The van der Waals surface area contributed by atoms with E-state index in [2.05, 4.69) is 10.2 Å². The Labute approximate surface area is 176 Å². The van der Waals surface area contributed by atoms with E-state index in [1.807, 2.05) is 18.2 Å². The molecule has 7 heteroatoms. The first kappa shape index (κ1) is 21.6. The third kappa shape index (κ3) is 4.91. The molecular weight excluding hydrogens is 384 g/mol. The quantitative estimate of drug-likeness (QED) is 0.667. The molecule has 1 atom stereocenters. The van der Waals surface area contributed by atoms with Gasteiger partial charge in [0.1, 0.15) is 11.5 Å². The maximum Gasteiger partial charge on any atom is 0.340 e. The number of carbonyl (C=O) groups excluding carboxylic acids is 2. The van der Waals surface area contributed by atoms with Crippen LogP contribution in [0.25, 0.3) is 0 Å². The van der Waals surface area contributed by atoms with Crippen LogP contribution in [0.4, 0.5) is 5.69 Å². The number of para-hydroxylation sites is 1. The molecule has 0 unspecified atom stereocenters. The van der Waals surface area contributed by atoms with Gasteiger partial charge in [0.2, 0.25) is 5.91 Å². The summed E-state index contributed by atoms with van der Waals surface area (Å²) in [5.41, 5.74) is 1.81. The van der Waals surface area contributed by atoms with Crippen LogP contribution in [0.2, 0.25) is 0 Å². The van der Waals surface area contributed by atoms with Gasteiger partial charge in [-0.05, 0) is 56.6 Å². The molecule has 1 saturated heterocycles. The minimum Gasteiger partial charge on any atom is -0.497 e. The minimum atomic E-state index is -0.450. The molecule has 0 aromatic heterocycles. The Bertz CT molecular complexity index is 899. The van der Waals surface area contributed by atoms with E-state index in [1.54, 1.807) is 45.4 Å². The fraction of sp³-hybridized carbons (Fsp3) is 0.391. The summed E-state index contributed by atoms with van der Waals surface area (Å²) in [5, 5.41) is 2.86. The molecule has 0 spiro atoms. The van der Waals surface area contributed by atoms with Crippen LogP contribution in [0.5, 0.6) is 11.5 Å². The van der Waals surface area contributed by atoms with Crippen molar-refractivity contribution in [2.45, 2.75) is 25.8 Å². The fourth-order valence-corrected chi connectivity index (χ4v) is 3.82. The number of nitrogens with one attached hydrogen (secondary N) is 1. The maximum absolute atomic E-state index is 12.8. The zero-order valence-electron chi connectivity index (χ0n) is 17.6. The normalized spacial score (nSPS) is 16.2. The van der Waals surface area contributed by atoms with Gasteiger partial charge in [-0.1, -0.05) is 12.1 Å². The van der Waals surface area contributed by atoms with Crippen molar-refractivity contribution in [3.8, 4) is 11.5 Å². The van der Waals surface area contributed by atoms with Gasteiger partial charge in [-0.15, -0.1) is 0 Å². The number of esters is 1. The molecule has 0 saturated carbocycles. The highest BCUT2D eigenvalue weighted by atomic mass is 16.5. The van der Waals surface area contributed by atoms with Crippen LogP contribution >= 0.6 is 0 Å². The number of hydrogen-bond acceptors (Lipinski definition) is 6. The van der Waals surface area contributed by atoms with Gasteiger partial charge in [0.15, 0.2) is 0 Å². The Morgan fingerprint density at radius 3 is 2.67 bits per heavy atom. The van der Waals surface area contributed by atoms with Crippen LogP contribution in [0.15, 0.2) is 42.5 Å². The topological polar surface area (TPSA) is 77.1 Å². The molecule has 160 valence electrons. The molecule has 2 aromatic rings. The molecule has 1 amide bonds. The molecule has 0 bridgehead atoms. The van der Waals surface area contributed by atoms with Crippen LogP contribution in [-0.2, 0) is 9.53 Å². The molecule has 0 radical (unpaired) electrons. The number of rotatable bonds is 8. The highest BCUT2D eigenvalue weighted by Gasteiger charge is 2.30. The van der Waals surface area contributed by atoms with E-state index >= 15 is 0 Å². The van der Waals surface area contributed by atoms with Gasteiger partial charge in [-0.25, -0.2) is 4.79 Å². The summed E-state index contributed by atoms with van der Waals surface area (Å²) in [6.07, 6.45) is 1.91.